The molecule has 1 N–H and O–H groups in total. The first-order chi connectivity index (χ1) is 9.65. The molecule has 1 aliphatic rings. The molecule has 2 heterocycles. The Morgan fingerprint density at radius 2 is 2.10 bits per heavy atom. The highest BCUT2D eigenvalue weighted by Crippen LogP contribution is 2.18. The summed E-state index contributed by atoms with van der Waals surface area (Å²) in [6, 6.07) is 7.75. The number of ketones is 1. The van der Waals surface area contributed by atoms with Gasteiger partial charge in [0.25, 0.3) is 0 Å². The molecule has 1 aromatic carbocycles. The lowest BCUT2D eigenvalue weighted by molar-refractivity contribution is -0.134. The molecular formula is C15H17N3O2. The molecule has 0 unspecified atom stereocenters. The van der Waals surface area contributed by atoms with Crippen molar-refractivity contribution in [3.05, 3.63) is 36.0 Å². The molecular weight excluding hydrogens is 254 g/mol. The van der Waals surface area contributed by atoms with Crippen LogP contribution in [0.25, 0.3) is 10.9 Å². The van der Waals surface area contributed by atoms with Gasteiger partial charge in [-0.1, -0.05) is 18.2 Å². The van der Waals surface area contributed by atoms with Crippen LogP contribution in [0, 0.1) is 0 Å². The summed E-state index contributed by atoms with van der Waals surface area (Å²) in [5.74, 6) is 0.128. The number of likely N-dealkylation sites (N-methyl/N-ethyl adjacent to an activating group) is 1. The van der Waals surface area contributed by atoms with Crippen LogP contribution in [0.3, 0.4) is 0 Å². The molecule has 2 aromatic rings. The number of fused-ring (bicyclic) bond motifs is 1. The summed E-state index contributed by atoms with van der Waals surface area (Å²) in [5, 5.41) is 0.943. The van der Waals surface area contributed by atoms with E-state index in [1.807, 2.05) is 29.2 Å². The van der Waals surface area contributed by atoms with Crippen LogP contribution in [0.2, 0.25) is 0 Å². The molecule has 0 bridgehead atoms. The number of rotatable bonds is 3. The van der Waals surface area contributed by atoms with E-state index in [-0.39, 0.29) is 11.7 Å². The molecule has 1 aliphatic heterocycles. The summed E-state index contributed by atoms with van der Waals surface area (Å²) < 4.78 is 0. The summed E-state index contributed by atoms with van der Waals surface area (Å²) in [5.41, 5.74) is 1.66. The quantitative estimate of drug-likeness (QED) is 0.851. The first-order valence-corrected chi connectivity index (χ1v) is 6.71. The van der Waals surface area contributed by atoms with Gasteiger partial charge in [0, 0.05) is 42.8 Å². The standard InChI is InChI=1S/C15H17N3O2/c1-17-6-7-18(10-15(17)20)9-14(19)12-8-16-13-5-3-2-4-11(12)13/h2-5,8,16H,6-7,9-10H2,1H3. The number of amides is 1. The van der Waals surface area contributed by atoms with E-state index in [1.165, 1.54) is 0 Å². The van der Waals surface area contributed by atoms with Crippen molar-refractivity contribution in [1.82, 2.24) is 14.8 Å². The number of Topliss-reactive ketones (excluding diaryl/α,β-unsaturated/α-hetero) is 1. The van der Waals surface area contributed by atoms with Crippen molar-refractivity contribution in [2.75, 3.05) is 33.2 Å². The molecule has 3 rings (SSSR count). The topological polar surface area (TPSA) is 56.4 Å². The van der Waals surface area contributed by atoms with Gasteiger partial charge in [0.05, 0.1) is 13.1 Å². The molecule has 5 heteroatoms. The van der Waals surface area contributed by atoms with E-state index in [9.17, 15) is 9.59 Å². The minimum atomic E-state index is 0.0554. The SMILES string of the molecule is CN1CCN(CC(=O)c2c[nH]c3ccccc23)CC1=O. The lowest BCUT2D eigenvalue weighted by Gasteiger charge is -2.31. The third-order valence-corrected chi connectivity index (χ3v) is 3.79. The van der Waals surface area contributed by atoms with E-state index in [1.54, 1.807) is 18.1 Å². The Hall–Kier alpha value is -2.14. The number of aromatic amines is 1. The van der Waals surface area contributed by atoms with Gasteiger partial charge in [0.15, 0.2) is 5.78 Å². The minimum Gasteiger partial charge on any atom is -0.360 e. The first-order valence-electron chi connectivity index (χ1n) is 6.71. The molecule has 1 amide bonds. The number of H-pyrrole nitrogens is 1. The highest BCUT2D eigenvalue weighted by molar-refractivity contribution is 6.08. The predicted molar refractivity (Wildman–Crippen MR) is 76.7 cm³/mol. The Morgan fingerprint density at radius 3 is 2.90 bits per heavy atom. The van der Waals surface area contributed by atoms with Gasteiger partial charge in [-0.15, -0.1) is 0 Å². The van der Waals surface area contributed by atoms with Crippen molar-refractivity contribution in [2.45, 2.75) is 0 Å². The molecule has 1 saturated heterocycles. The third kappa shape index (κ3) is 2.32. The number of carbonyl (C=O) groups excluding carboxylic acids is 2. The number of benzene rings is 1. The zero-order valence-corrected chi connectivity index (χ0v) is 11.4. The molecule has 20 heavy (non-hydrogen) atoms. The number of aromatic nitrogens is 1. The van der Waals surface area contributed by atoms with Crippen LogP contribution in [0.1, 0.15) is 10.4 Å². The van der Waals surface area contributed by atoms with Gasteiger partial charge in [0.1, 0.15) is 0 Å². The Balaban J connectivity index is 1.75. The van der Waals surface area contributed by atoms with E-state index in [0.717, 1.165) is 17.4 Å². The van der Waals surface area contributed by atoms with Crippen LogP contribution in [0.5, 0.6) is 0 Å². The van der Waals surface area contributed by atoms with Crippen LogP contribution in [0.15, 0.2) is 30.5 Å². The lowest BCUT2D eigenvalue weighted by Crippen LogP contribution is -2.49. The normalized spacial score (nSPS) is 16.9. The van der Waals surface area contributed by atoms with Gasteiger partial charge in [-0.2, -0.15) is 0 Å². The second kappa shape index (κ2) is 5.09. The number of nitrogens with one attached hydrogen (secondary N) is 1. The molecule has 104 valence electrons. The molecule has 0 saturated carbocycles. The van der Waals surface area contributed by atoms with Gasteiger partial charge in [-0.3, -0.25) is 14.5 Å². The highest BCUT2D eigenvalue weighted by Gasteiger charge is 2.23. The van der Waals surface area contributed by atoms with Crippen molar-refractivity contribution in [3.8, 4) is 0 Å². The van der Waals surface area contributed by atoms with Crippen LogP contribution in [-0.4, -0.2) is 59.7 Å². The molecule has 1 aromatic heterocycles. The van der Waals surface area contributed by atoms with Gasteiger partial charge in [0.2, 0.25) is 5.91 Å². The van der Waals surface area contributed by atoms with Crippen molar-refractivity contribution in [2.24, 2.45) is 0 Å². The van der Waals surface area contributed by atoms with Crippen molar-refractivity contribution in [3.63, 3.8) is 0 Å². The molecule has 0 radical (unpaired) electrons. The Kier molecular flexibility index (Phi) is 3.28. The average molecular weight is 271 g/mol. The van der Waals surface area contributed by atoms with Gasteiger partial charge in [-0.25, -0.2) is 0 Å². The molecule has 5 nitrogen and oxygen atoms in total. The van der Waals surface area contributed by atoms with Gasteiger partial charge in [-0.05, 0) is 6.07 Å². The Bertz CT molecular complexity index is 662. The second-order valence-corrected chi connectivity index (χ2v) is 5.20. The third-order valence-electron chi connectivity index (χ3n) is 3.79. The summed E-state index contributed by atoms with van der Waals surface area (Å²) in [7, 11) is 1.79. The molecule has 0 spiro atoms. The average Bonchev–Trinajstić information content (AvgIpc) is 2.87. The van der Waals surface area contributed by atoms with E-state index < -0.39 is 0 Å². The fourth-order valence-corrected chi connectivity index (χ4v) is 2.53. The van der Waals surface area contributed by atoms with Gasteiger partial charge < -0.3 is 9.88 Å². The van der Waals surface area contributed by atoms with Crippen LogP contribution in [0.4, 0.5) is 0 Å². The number of nitrogens with zero attached hydrogens (tertiary/aromatic N) is 2. The molecule has 0 atom stereocenters. The molecule has 0 aliphatic carbocycles. The fourth-order valence-electron chi connectivity index (χ4n) is 2.53. The maximum atomic E-state index is 12.4. The van der Waals surface area contributed by atoms with Gasteiger partial charge >= 0.3 is 0 Å². The summed E-state index contributed by atoms with van der Waals surface area (Å²) in [4.78, 5) is 30.8. The van der Waals surface area contributed by atoms with E-state index in [4.69, 9.17) is 0 Å². The maximum Gasteiger partial charge on any atom is 0.236 e. The van der Waals surface area contributed by atoms with Crippen molar-refractivity contribution < 1.29 is 9.59 Å². The smallest absolute Gasteiger partial charge is 0.236 e. The van der Waals surface area contributed by atoms with Crippen LogP contribution in [-0.2, 0) is 4.79 Å². The number of carbonyl (C=O) groups is 2. The monoisotopic (exact) mass is 271 g/mol. The maximum absolute atomic E-state index is 12.4. The van der Waals surface area contributed by atoms with Crippen LogP contribution >= 0.6 is 0 Å². The summed E-state index contributed by atoms with van der Waals surface area (Å²) >= 11 is 0. The van der Waals surface area contributed by atoms with E-state index >= 15 is 0 Å². The second-order valence-electron chi connectivity index (χ2n) is 5.20. The number of para-hydroxylation sites is 1. The number of hydrogen-bond acceptors (Lipinski definition) is 3. The van der Waals surface area contributed by atoms with Crippen molar-refractivity contribution >= 4 is 22.6 Å². The zero-order chi connectivity index (χ0) is 14.1. The summed E-state index contributed by atoms with van der Waals surface area (Å²) in [6.07, 6.45) is 1.75. The largest absolute Gasteiger partial charge is 0.360 e. The van der Waals surface area contributed by atoms with Crippen molar-refractivity contribution in [1.29, 1.82) is 0 Å². The molecule has 1 fully saturated rings. The minimum absolute atomic E-state index is 0.0554. The lowest BCUT2D eigenvalue weighted by atomic mass is 10.1. The Labute approximate surface area is 117 Å². The number of piperazine rings is 1. The fraction of sp³-hybridized carbons (Fsp3) is 0.333. The Morgan fingerprint density at radius 1 is 1.30 bits per heavy atom. The highest BCUT2D eigenvalue weighted by atomic mass is 16.2. The van der Waals surface area contributed by atoms with Crippen LogP contribution < -0.4 is 0 Å². The zero-order valence-electron chi connectivity index (χ0n) is 11.4. The summed E-state index contributed by atoms with van der Waals surface area (Å²) in [6.45, 7) is 2.04. The van der Waals surface area contributed by atoms with E-state index in [2.05, 4.69) is 4.98 Å². The predicted octanol–water partition coefficient (Wildman–Crippen LogP) is 1.12. The number of hydrogen-bond donors (Lipinski definition) is 1. The van der Waals surface area contributed by atoms with E-state index in [0.29, 0.717) is 25.2 Å². The first kappa shape index (κ1) is 12.9.